The first-order valence-electron chi connectivity index (χ1n) is 6.11. The molecule has 0 spiro atoms. The van der Waals surface area contributed by atoms with Crippen LogP contribution in [0.2, 0.25) is 0 Å². The van der Waals surface area contributed by atoms with E-state index in [0.29, 0.717) is 0 Å². The van der Waals surface area contributed by atoms with Gasteiger partial charge in [0, 0.05) is 10.8 Å². The predicted octanol–water partition coefficient (Wildman–Crippen LogP) is 4.19. The lowest BCUT2D eigenvalue weighted by atomic mass is 10.1. The van der Waals surface area contributed by atoms with Gasteiger partial charge in [-0.2, -0.15) is 5.26 Å². The van der Waals surface area contributed by atoms with Gasteiger partial charge in [-0.05, 0) is 32.0 Å². The number of rotatable bonds is 1. The topological polar surface area (TPSA) is 28.7 Å². The van der Waals surface area contributed by atoms with Gasteiger partial charge >= 0.3 is 0 Å². The molecule has 0 aliphatic heterocycles. The highest BCUT2D eigenvalue weighted by Gasteiger charge is 2.13. The van der Waals surface area contributed by atoms with Crippen LogP contribution in [0.3, 0.4) is 0 Å². The van der Waals surface area contributed by atoms with Crippen LogP contribution in [0.25, 0.3) is 21.8 Å². The molecule has 0 saturated carbocycles. The smallest absolute Gasteiger partial charge is 0.118 e. The van der Waals surface area contributed by atoms with E-state index in [1.807, 2.05) is 19.1 Å². The van der Waals surface area contributed by atoms with E-state index in [1.165, 1.54) is 16.3 Å². The Morgan fingerprint density at radius 3 is 2.56 bits per heavy atom. The van der Waals surface area contributed by atoms with E-state index < -0.39 is 0 Å². The average Bonchev–Trinajstić information content (AvgIpc) is 2.72. The zero-order valence-corrected chi connectivity index (χ0v) is 10.5. The first kappa shape index (κ1) is 10.9. The second-order valence-corrected chi connectivity index (χ2v) is 4.71. The van der Waals surface area contributed by atoms with E-state index in [1.54, 1.807) is 0 Å². The van der Waals surface area contributed by atoms with Crippen LogP contribution in [0, 0.1) is 18.3 Å². The van der Waals surface area contributed by atoms with E-state index in [-0.39, 0.29) is 6.04 Å². The van der Waals surface area contributed by atoms with Crippen LogP contribution in [0.1, 0.15) is 18.5 Å². The Labute approximate surface area is 106 Å². The maximum absolute atomic E-state index is 9.21. The normalized spacial score (nSPS) is 12.7. The van der Waals surface area contributed by atoms with Crippen LogP contribution < -0.4 is 0 Å². The minimum atomic E-state index is -0.157. The molecule has 0 radical (unpaired) electrons. The number of nitriles is 1. The van der Waals surface area contributed by atoms with Crippen molar-refractivity contribution in [1.82, 2.24) is 4.57 Å². The van der Waals surface area contributed by atoms with Crippen molar-refractivity contribution in [1.29, 1.82) is 5.26 Å². The molecule has 1 aromatic heterocycles. The molecule has 3 rings (SSSR count). The maximum atomic E-state index is 9.21. The minimum Gasteiger partial charge on any atom is -0.324 e. The number of fused-ring (bicyclic) bond motifs is 3. The van der Waals surface area contributed by atoms with Crippen molar-refractivity contribution in [2.45, 2.75) is 19.9 Å². The number of benzene rings is 2. The number of aromatic nitrogens is 1. The molecule has 0 fully saturated rings. The Morgan fingerprint density at radius 2 is 1.78 bits per heavy atom. The molecule has 1 unspecified atom stereocenters. The highest BCUT2D eigenvalue weighted by atomic mass is 15.0. The summed E-state index contributed by atoms with van der Waals surface area (Å²) in [6, 6.07) is 16.8. The molecule has 1 heterocycles. The largest absolute Gasteiger partial charge is 0.324 e. The van der Waals surface area contributed by atoms with Crippen molar-refractivity contribution in [3.05, 3.63) is 48.0 Å². The van der Waals surface area contributed by atoms with Gasteiger partial charge < -0.3 is 4.57 Å². The van der Waals surface area contributed by atoms with E-state index in [2.05, 4.69) is 47.9 Å². The molecule has 2 nitrogen and oxygen atoms in total. The van der Waals surface area contributed by atoms with Gasteiger partial charge in [0.25, 0.3) is 0 Å². The third kappa shape index (κ3) is 1.41. The Balaban J connectivity index is 2.55. The molecule has 3 aromatic rings. The summed E-state index contributed by atoms with van der Waals surface area (Å²) in [7, 11) is 0. The first-order chi connectivity index (χ1) is 8.72. The molecule has 2 aromatic carbocycles. The minimum absolute atomic E-state index is 0.157. The van der Waals surface area contributed by atoms with Gasteiger partial charge in [-0.15, -0.1) is 0 Å². The number of nitrogens with zero attached hydrogens (tertiary/aromatic N) is 2. The summed E-state index contributed by atoms with van der Waals surface area (Å²) < 4.78 is 2.12. The van der Waals surface area contributed by atoms with Gasteiger partial charge in [-0.25, -0.2) is 0 Å². The monoisotopic (exact) mass is 234 g/mol. The fourth-order valence-electron chi connectivity index (χ4n) is 2.59. The SMILES string of the molecule is Cc1ccc2c(c1)c1ccccc1n2C(C)C#N. The lowest BCUT2D eigenvalue weighted by Gasteiger charge is -2.08. The highest BCUT2D eigenvalue weighted by Crippen LogP contribution is 2.32. The standard InChI is InChI=1S/C16H14N2/c1-11-7-8-16-14(9-11)13-5-3-4-6-15(13)18(16)12(2)10-17/h3-9,12H,1-2H3. The van der Waals surface area contributed by atoms with Crippen LogP contribution in [-0.2, 0) is 0 Å². The zero-order chi connectivity index (χ0) is 12.7. The van der Waals surface area contributed by atoms with E-state index in [0.717, 1.165) is 11.0 Å². The quantitative estimate of drug-likeness (QED) is 0.620. The molecule has 1 atom stereocenters. The number of aryl methyl sites for hydroxylation is 1. The number of hydrogen-bond donors (Lipinski definition) is 0. The second-order valence-electron chi connectivity index (χ2n) is 4.71. The Hall–Kier alpha value is -2.27. The molecule has 0 aliphatic carbocycles. The van der Waals surface area contributed by atoms with Gasteiger partial charge in [0.1, 0.15) is 6.04 Å². The van der Waals surface area contributed by atoms with Crippen molar-refractivity contribution in [2.24, 2.45) is 0 Å². The second kappa shape index (κ2) is 3.89. The molecule has 0 bridgehead atoms. The van der Waals surface area contributed by atoms with Crippen LogP contribution in [-0.4, -0.2) is 4.57 Å². The molecule has 88 valence electrons. The summed E-state index contributed by atoms with van der Waals surface area (Å²) in [5.41, 5.74) is 3.51. The van der Waals surface area contributed by atoms with Gasteiger partial charge in [-0.1, -0.05) is 29.8 Å². The summed E-state index contributed by atoms with van der Waals surface area (Å²) in [5.74, 6) is 0. The highest BCUT2D eigenvalue weighted by molar-refractivity contribution is 6.08. The van der Waals surface area contributed by atoms with E-state index >= 15 is 0 Å². The van der Waals surface area contributed by atoms with Gasteiger partial charge in [0.2, 0.25) is 0 Å². The summed E-state index contributed by atoms with van der Waals surface area (Å²) in [5, 5.41) is 11.7. The van der Waals surface area contributed by atoms with Crippen LogP contribution in [0.5, 0.6) is 0 Å². The number of hydrogen-bond acceptors (Lipinski definition) is 1. The van der Waals surface area contributed by atoms with Gasteiger partial charge in [0.15, 0.2) is 0 Å². The molecular weight excluding hydrogens is 220 g/mol. The van der Waals surface area contributed by atoms with Crippen molar-refractivity contribution in [2.75, 3.05) is 0 Å². The van der Waals surface area contributed by atoms with Crippen molar-refractivity contribution in [3.8, 4) is 6.07 Å². The number of para-hydroxylation sites is 1. The van der Waals surface area contributed by atoms with Crippen molar-refractivity contribution >= 4 is 21.8 Å². The first-order valence-corrected chi connectivity index (χ1v) is 6.11. The Bertz CT molecular complexity index is 775. The molecular formula is C16H14N2. The van der Waals surface area contributed by atoms with Crippen LogP contribution >= 0.6 is 0 Å². The Morgan fingerprint density at radius 1 is 1.06 bits per heavy atom. The zero-order valence-electron chi connectivity index (χ0n) is 10.5. The summed E-state index contributed by atoms with van der Waals surface area (Å²) in [6.07, 6.45) is 0. The summed E-state index contributed by atoms with van der Waals surface area (Å²) in [4.78, 5) is 0. The van der Waals surface area contributed by atoms with Gasteiger partial charge in [-0.3, -0.25) is 0 Å². The van der Waals surface area contributed by atoms with E-state index in [4.69, 9.17) is 0 Å². The summed E-state index contributed by atoms with van der Waals surface area (Å²) >= 11 is 0. The van der Waals surface area contributed by atoms with Crippen LogP contribution in [0.4, 0.5) is 0 Å². The van der Waals surface area contributed by atoms with Crippen molar-refractivity contribution in [3.63, 3.8) is 0 Å². The molecule has 2 heteroatoms. The molecule has 0 N–H and O–H groups in total. The fourth-order valence-corrected chi connectivity index (χ4v) is 2.59. The maximum Gasteiger partial charge on any atom is 0.118 e. The van der Waals surface area contributed by atoms with Crippen LogP contribution in [0.15, 0.2) is 42.5 Å². The fraction of sp³-hybridized carbons (Fsp3) is 0.188. The van der Waals surface area contributed by atoms with E-state index in [9.17, 15) is 5.26 Å². The van der Waals surface area contributed by atoms with Gasteiger partial charge in [0.05, 0.1) is 17.1 Å². The lowest BCUT2D eigenvalue weighted by molar-refractivity contribution is 0.724. The molecule has 0 saturated heterocycles. The molecule has 0 amide bonds. The molecule has 0 aliphatic rings. The average molecular weight is 234 g/mol. The lowest BCUT2D eigenvalue weighted by Crippen LogP contribution is -2.01. The predicted molar refractivity (Wildman–Crippen MR) is 74.5 cm³/mol. The Kier molecular flexibility index (Phi) is 2.34. The third-order valence-electron chi connectivity index (χ3n) is 3.44. The summed E-state index contributed by atoms with van der Waals surface area (Å²) in [6.45, 7) is 4.03. The third-order valence-corrected chi connectivity index (χ3v) is 3.44. The molecule has 18 heavy (non-hydrogen) atoms. The van der Waals surface area contributed by atoms with Crippen molar-refractivity contribution < 1.29 is 0 Å².